The second-order valence-electron chi connectivity index (χ2n) is 6.95. The third kappa shape index (κ3) is 3.48. The van der Waals surface area contributed by atoms with Gasteiger partial charge in [-0.1, -0.05) is 26.8 Å². The highest BCUT2D eigenvalue weighted by Crippen LogP contribution is 2.38. The van der Waals surface area contributed by atoms with Crippen LogP contribution >= 0.6 is 0 Å². The van der Waals surface area contributed by atoms with E-state index in [1.807, 2.05) is 44.2 Å². The molecular formula is C24H30N4O2. The fraction of sp³-hybridized carbons (Fsp3) is 0.333. The number of hydrogen-bond acceptors (Lipinski definition) is 3. The van der Waals surface area contributed by atoms with E-state index in [4.69, 9.17) is 10.5 Å². The van der Waals surface area contributed by atoms with Gasteiger partial charge in [-0.25, -0.2) is 4.79 Å². The minimum atomic E-state index is -0.434. The summed E-state index contributed by atoms with van der Waals surface area (Å²) in [5.41, 5.74) is 11.0. The van der Waals surface area contributed by atoms with E-state index >= 15 is 0 Å². The standard InChI is InChI=1S/C22H22N4O2.C2H6.H2/c1-3-9-25-20-12-16(28-2)5-6-17(20)18(13-23)21(25)15-4-7-19-14(11-15)8-10-26(19)22(24)27;1-2;/h4-7,11-12H,3,8-10H2,1-2H3,(H2,24,27);1-2H3;1H. The van der Waals surface area contributed by atoms with Crippen molar-refractivity contribution in [2.24, 2.45) is 5.73 Å². The van der Waals surface area contributed by atoms with Gasteiger partial charge in [0.1, 0.15) is 11.8 Å². The molecule has 158 valence electrons. The average Bonchev–Trinajstić information content (AvgIpc) is 3.33. The molecular weight excluding hydrogens is 376 g/mol. The van der Waals surface area contributed by atoms with Gasteiger partial charge in [0.2, 0.25) is 0 Å². The molecule has 6 nitrogen and oxygen atoms in total. The Hall–Kier alpha value is -3.46. The molecule has 0 aliphatic carbocycles. The largest absolute Gasteiger partial charge is 0.497 e. The van der Waals surface area contributed by atoms with Crippen LogP contribution in [0.4, 0.5) is 10.5 Å². The summed E-state index contributed by atoms with van der Waals surface area (Å²) in [4.78, 5) is 13.2. The summed E-state index contributed by atoms with van der Waals surface area (Å²) in [5.74, 6) is 0.768. The topological polar surface area (TPSA) is 84.3 Å². The highest BCUT2D eigenvalue weighted by atomic mass is 16.5. The van der Waals surface area contributed by atoms with Gasteiger partial charge in [0, 0.05) is 31.7 Å². The summed E-state index contributed by atoms with van der Waals surface area (Å²) >= 11 is 0. The predicted octanol–water partition coefficient (Wildman–Crippen LogP) is 5.31. The summed E-state index contributed by atoms with van der Waals surface area (Å²) in [6.07, 6.45) is 1.70. The summed E-state index contributed by atoms with van der Waals surface area (Å²) in [6, 6.07) is 13.8. The third-order valence-corrected chi connectivity index (χ3v) is 5.35. The van der Waals surface area contributed by atoms with Gasteiger partial charge in [0.05, 0.1) is 23.9 Å². The van der Waals surface area contributed by atoms with E-state index in [1.165, 1.54) is 0 Å². The van der Waals surface area contributed by atoms with Crippen LogP contribution in [0.15, 0.2) is 36.4 Å². The van der Waals surface area contributed by atoms with Crippen LogP contribution in [0.3, 0.4) is 0 Å². The fourth-order valence-electron chi connectivity index (χ4n) is 4.10. The second-order valence-corrected chi connectivity index (χ2v) is 6.95. The molecule has 0 unspecified atom stereocenters. The first-order valence-electron chi connectivity index (χ1n) is 10.4. The normalized spacial score (nSPS) is 12.2. The Morgan fingerprint density at radius 3 is 2.67 bits per heavy atom. The van der Waals surface area contributed by atoms with Crippen LogP contribution in [0.2, 0.25) is 0 Å². The van der Waals surface area contributed by atoms with E-state index < -0.39 is 6.03 Å². The molecule has 2 aromatic carbocycles. The number of ether oxygens (including phenoxy) is 1. The van der Waals surface area contributed by atoms with E-state index in [0.717, 1.165) is 58.5 Å². The number of amides is 2. The van der Waals surface area contributed by atoms with Crippen LogP contribution in [-0.4, -0.2) is 24.3 Å². The minimum absolute atomic E-state index is 0. The molecule has 30 heavy (non-hydrogen) atoms. The van der Waals surface area contributed by atoms with Gasteiger partial charge in [-0.3, -0.25) is 4.90 Å². The van der Waals surface area contributed by atoms with Gasteiger partial charge in [-0.15, -0.1) is 0 Å². The number of carbonyl (C=O) groups excluding carboxylic acids is 1. The van der Waals surface area contributed by atoms with Gasteiger partial charge in [-0.05, 0) is 48.2 Å². The highest BCUT2D eigenvalue weighted by Gasteiger charge is 2.25. The van der Waals surface area contributed by atoms with Crippen molar-refractivity contribution in [3.63, 3.8) is 0 Å². The zero-order chi connectivity index (χ0) is 21.8. The van der Waals surface area contributed by atoms with Crippen molar-refractivity contribution < 1.29 is 11.0 Å². The maximum absolute atomic E-state index is 11.6. The summed E-state index contributed by atoms with van der Waals surface area (Å²) < 4.78 is 7.59. The summed E-state index contributed by atoms with van der Waals surface area (Å²) in [7, 11) is 1.64. The molecule has 6 heteroatoms. The first kappa shape index (κ1) is 21.3. The lowest BCUT2D eigenvalue weighted by molar-refractivity contribution is 0.254. The number of fused-ring (bicyclic) bond motifs is 2. The molecule has 1 aliphatic heterocycles. The smallest absolute Gasteiger partial charge is 0.319 e. The number of benzene rings is 2. The zero-order valence-corrected chi connectivity index (χ0v) is 18.0. The second kappa shape index (κ2) is 8.91. The molecule has 0 saturated carbocycles. The number of nitrogens with zero attached hydrogens (tertiary/aromatic N) is 3. The molecule has 1 aromatic heterocycles. The van der Waals surface area contributed by atoms with E-state index in [0.29, 0.717) is 12.1 Å². The molecule has 0 fully saturated rings. The first-order valence-corrected chi connectivity index (χ1v) is 10.4. The number of methoxy groups -OCH3 is 1. The van der Waals surface area contributed by atoms with Crippen molar-refractivity contribution in [3.8, 4) is 23.1 Å². The Morgan fingerprint density at radius 2 is 2.03 bits per heavy atom. The molecule has 3 aromatic rings. The first-order chi connectivity index (χ1) is 14.6. The number of nitriles is 1. The predicted molar refractivity (Wildman–Crippen MR) is 123 cm³/mol. The lowest BCUT2D eigenvalue weighted by atomic mass is 10.0. The molecule has 0 spiro atoms. The Kier molecular flexibility index (Phi) is 6.31. The molecule has 0 saturated heterocycles. The van der Waals surface area contributed by atoms with Crippen LogP contribution < -0.4 is 15.4 Å². The fourth-order valence-corrected chi connectivity index (χ4v) is 4.10. The molecule has 2 heterocycles. The van der Waals surface area contributed by atoms with Gasteiger partial charge in [0.25, 0.3) is 0 Å². The molecule has 2 amide bonds. The third-order valence-electron chi connectivity index (χ3n) is 5.35. The number of urea groups is 1. The molecule has 0 radical (unpaired) electrons. The van der Waals surface area contributed by atoms with Gasteiger partial charge in [0.15, 0.2) is 0 Å². The van der Waals surface area contributed by atoms with Crippen LogP contribution in [0.25, 0.3) is 22.2 Å². The van der Waals surface area contributed by atoms with Crippen molar-refractivity contribution in [3.05, 3.63) is 47.5 Å². The quantitative estimate of drug-likeness (QED) is 0.637. The SMILES string of the molecule is CC.CCCn1c(-c2ccc3c(c2)CCN3C(N)=O)c(C#N)c2ccc(OC)cc21.[HH]. The van der Waals surface area contributed by atoms with Crippen molar-refractivity contribution in [2.45, 2.75) is 40.2 Å². The van der Waals surface area contributed by atoms with Gasteiger partial charge < -0.3 is 15.0 Å². The monoisotopic (exact) mass is 406 g/mol. The Morgan fingerprint density at radius 1 is 1.27 bits per heavy atom. The van der Waals surface area contributed by atoms with Crippen LogP contribution in [0, 0.1) is 11.3 Å². The number of anilines is 1. The van der Waals surface area contributed by atoms with E-state index in [9.17, 15) is 10.1 Å². The van der Waals surface area contributed by atoms with Gasteiger partial charge in [-0.2, -0.15) is 5.26 Å². The number of aryl methyl sites for hydroxylation is 1. The Bertz CT molecular complexity index is 1130. The Balaban J connectivity index is 0.00000111. The molecule has 0 atom stereocenters. The van der Waals surface area contributed by atoms with Crippen molar-refractivity contribution in [1.29, 1.82) is 5.26 Å². The number of aromatic nitrogens is 1. The average molecular weight is 407 g/mol. The molecule has 0 bridgehead atoms. The van der Waals surface area contributed by atoms with E-state index in [2.05, 4.69) is 23.6 Å². The van der Waals surface area contributed by atoms with Crippen molar-refractivity contribution >= 4 is 22.6 Å². The van der Waals surface area contributed by atoms with Gasteiger partial charge >= 0.3 is 6.03 Å². The van der Waals surface area contributed by atoms with E-state index in [1.54, 1.807) is 12.0 Å². The number of nitrogens with two attached hydrogens (primary N) is 1. The van der Waals surface area contributed by atoms with Crippen LogP contribution in [0.5, 0.6) is 5.75 Å². The number of hydrogen-bond donors (Lipinski definition) is 1. The maximum atomic E-state index is 11.6. The number of carbonyl (C=O) groups is 1. The van der Waals surface area contributed by atoms with E-state index in [-0.39, 0.29) is 1.43 Å². The van der Waals surface area contributed by atoms with Crippen molar-refractivity contribution in [2.75, 3.05) is 18.6 Å². The molecule has 2 N–H and O–H groups in total. The van der Waals surface area contributed by atoms with Crippen LogP contribution in [0.1, 0.15) is 39.7 Å². The lowest BCUT2D eigenvalue weighted by Crippen LogP contribution is -2.33. The number of rotatable bonds is 4. The lowest BCUT2D eigenvalue weighted by Gasteiger charge is -2.15. The highest BCUT2D eigenvalue weighted by molar-refractivity contribution is 5.97. The summed E-state index contributed by atoms with van der Waals surface area (Å²) in [5, 5.41) is 10.9. The van der Waals surface area contributed by atoms with Crippen molar-refractivity contribution in [1.82, 2.24) is 4.57 Å². The molecule has 1 aliphatic rings. The minimum Gasteiger partial charge on any atom is -0.497 e. The zero-order valence-electron chi connectivity index (χ0n) is 18.0. The number of primary amides is 1. The molecule has 4 rings (SSSR count). The Labute approximate surface area is 178 Å². The van der Waals surface area contributed by atoms with Crippen LogP contribution in [-0.2, 0) is 13.0 Å². The summed E-state index contributed by atoms with van der Waals surface area (Å²) in [6.45, 7) is 7.51. The maximum Gasteiger partial charge on any atom is 0.319 e.